The van der Waals surface area contributed by atoms with E-state index in [0.717, 1.165) is 0 Å². The second-order valence-electron chi connectivity index (χ2n) is 8.91. The second kappa shape index (κ2) is 10.2. The highest BCUT2D eigenvalue weighted by molar-refractivity contribution is 5.79. The number of aliphatic hydroxyl groups excluding tert-OH is 1. The third-order valence-electron chi connectivity index (χ3n) is 5.48. The van der Waals surface area contributed by atoms with Crippen LogP contribution in [0.5, 0.6) is 0 Å². The van der Waals surface area contributed by atoms with Gasteiger partial charge < -0.3 is 19.8 Å². The van der Waals surface area contributed by atoms with E-state index in [2.05, 4.69) is 10.3 Å². The third-order valence-corrected chi connectivity index (χ3v) is 5.48. The number of hydrogen-bond acceptors (Lipinski definition) is 6. The molecule has 174 valence electrons. The van der Waals surface area contributed by atoms with Crippen molar-refractivity contribution in [2.75, 3.05) is 19.8 Å². The van der Waals surface area contributed by atoms with Gasteiger partial charge in [-0.15, -0.1) is 5.10 Å². The zero-order valence-corrected chi connectivity index (χ0v) is 18.3. The van der Waals surface area contributed by atoms with Crippen LogP contribution in [0.4, 0.5) is 4.39 Å². The number of carboxylic acids is 1. The average molecular weight is 448 g/mol. The lowest BCUT2D eigenvalue weighted by molar-refractivity contribution is -0.141. The lowest BCUT2D eigenvalue weighted by Crippen LogP contribution is -2.39. The molecule has 0 spiro atoms. The Morgan fingerprint density at radius 1 is 1.31 bits per heavy atom. The number of benzene rings is 1. The number of aromatic nitrogens is 3. The maximum Gasteiger partial charge on any atom is 0.305 e. The van der Waals surface area contributed by atoms with Gasteiger partial charge in [-0.1, -0.05) is 31.2 Å². The Labute approximate surface area is 185 Å². The van der Waals surface area contributed by atoms with Gasteiger partial charge in [0.25, 0.3) is 0 Å². The van der Waals surface area contributed by atoms with Gasteiger partial charge in [-0.2, -0.15) is 0 Å². The first-order chi connectivity index (χ1) is 15.1. The highest BCUT2D eigenvalue weighted by Gasteiger charge is 2.40. The van der Waals surface area contributed by atoms with Crippen molar-refractivity contribution in [2.24, 2.45) is 5.41 Å². The fraction of sp³-hybridized carbons (Fsp3) is 0.545. The van der Waals surface area contributed by atoms with Crippen molar-refractivity contribution in [2.45, 2.75) is 51.8 Å². The van der Waals surface area contributed by atoms with Crippen LogP contribution in [0.3, 0.4) is 0 Å². The van der Waals surface area contributed by atoms with Crippen LogP contribution >= 0.6 is 0 Å². The predicted octanol–water partition coefficient (Wildman–Crippen LogP) is 2.01. The van der Waals surface area contributed by atoms with Crippen LogP contribution in [0, 0.1) is 11.2 Å². The summed E-state index contributed by atoms with van der Waals surface area (Å²) in [5, 5.41) is 27.4. The van der Waals surface area contributed by atoms with Gasteiger partial charge in [-0.25, -0.2) is 4.39 Å². The molecule has 0 bridgehead atoms. The number of carbonyl (C=O) groups excluding carboxylic acids is 1. The van der Waals surface area contributed by atoms with Crippen LogP contribution in [0.25, 0.3) is 0 Å². The molecule has 9 nitrogen and oxygen atoms in total. The number of aliphatic carboxylic acids is 1. The van der Waals surface area contributed by atoms with Crippen molar-refractivity contribution in [3.05, 3.63) is 47.5 Å². The molecule has 2 atom stereocenters. The lowest BCUT2D eigenvalue weighted by atomic mass is 9.90. The molecule has 2 N–H and O–H groups in total. The van der Waals surface area contributed by atoms with E-state index in [1.807, 2.05) is 13.8 Å². The first-order valence-electron chi connectivity index (χ1n) is 10.6. The smallest absolute Gasteiger partial charge is 0.305 e. The first-order valence-corrected chi connectivity index (χ1v) is 10.6. The van der Waals surface area contributed by atoms with Crippen molar-refractivity contribution < 1.29 is 28.9 Å². The first kappa shape index (κ1) is 23.8. The van der Waals surface area contributed by atoms with E-state index >= 15 is 0 Å². The highest BCUT2D eigenvalue weighted by Crippen LogP contribution is 2.35. The Morgan fingerprint density at radius 2 is 2.03 bits per heavy atom. The van der Waals surface area contributed by atoms with E-state index < -0.39 is 12.1 Å². The number of likely N-dealkylation sites (tertiary alicyclic amines) is 1. The minimum atomic E-state index is -0.998. The molecule has 2 aromatic rings. The SMILES string of the molecule is CC1(C)CC(CC(=O)O)N(C(=O)COCCCn2cc(C(O)c3ccc(F)cc3)nn2)C1. The summed E-state index contributed by atoms with van der Waals surface area (Å²) in [6, 6.07) is 5.22. The number of aryl methyl sites for hydroxylation is 1. The van der Waals surface area contributed by atoms with Crippen LogP contribution < -0.4 is 0 Å². The Kier molecular flexibility index (Phi) is 7.57. The van der Waals surface area contributed by atoms with Crippen molar-refractivity contribution in [3.63, 3.8) is 0 Å². The number of rotatable bonds is 10. The van der Waals surface area contributed by atoms with Gasteiger partial charge in [0, 0.05) is 25.7 Å². The predicted molar refractivity (Wildman–Crippen MR) is 112 cm³/mol. The molecular weight excluding hydrogens is 419 g/mol. The normalized spacial score (nSPS) is 18.6. The number of amides is 1. The fourth-order valence-corrected chi connectivity index (χ4v) is 4.01. The topological polar surface area (TPSA) is 118 Å². The Morgan fingerprint density at radius 3 is 2.72 bits per heavy atom. The summed E-state index contributed by atoms with van der Waals surface area (Å²) >= 11 is 0. The number of nitrogens with zero attached hydrogens (tertiary/aromatic N) is 4. The quantitative estimate of drug-likeness (QED) is 0.534. The van der Waals surface area contributed by atoms with Gasteiger partial charge in [0.1, 0.15) is 24.2 Å². The highest BCUT2D eigenvalue weighted by atomic mass is 19.1. The summed E-state index contributed by atoms with van der Waals surface area (Å²) in [4.78, 5) is 25.2. The summed E-state index contributed by atoms with van der Waals surface area (Å²) < 4.78 is 20.1. The molecule has 1 aliphatic rings. The molecule has 1 fully saturated rings. The number of hydrogen-bond donors (Lipinski definition) is 2. The molecule has 1 aromatic heterocycles. The molecule has 0 aliphatic carbocycles. The maximum absolute atomic E-state index is 13.0. The van der Waals surface area contributed by atoms with E-state index in [1.54, 1.807) is 15.8 Å². The largest absolute Gasteiger partial charge is 0.481 e. The second-order valence-corrected chi connectivity index (χ2v) is 8.91. The summed E-state index contributed by atoms with van der Waals surface area (Å²) in [5.41, 5.74) is 0.763. The Bertz CT molecular complexity index is 931. The van der Waals surface area contributed by atoms with E-state index in [1.165, 1.54) is 24.3 Å². The molecular formula is C22H29FN4O5. The van der Waals surface area contributed by atoms with Crippen molar-refractivity contribution >= 4 is 11.9 Å². The van der Waals surface area contributed by atoms with Crippen LogP contribution in [-0.4, -0.2) is 67.8 Å². The number of carboxylic acid groups (broad SMARTS) is 1. The molecule has 2 heterocycles. The Hall–Kier alpha value is -2.85. The summed E-state index contributed by atoms with van der Waals surface area (Å²) in [5.74, 6) is -1.50. The monoisotopic (exact) mass is 448 g/mol. The minimum absolute atomic E-state index is 0.0619. The molecule has 1 amide bonds. The number of aliphatic hydroxyl groups is 1. The van der Waals surface area contributed by atoms with Crippen LogP contribution in [-0.2, 0) is 20.9 Å². The minimum Gasteiger partial charge on any atom is -0.481 e. The van der Waals surface area contributed by atoms with E-state index in [-0.39, 0.29) is 36.2 Å². The third kappa shape index (κ3) is 6.33. The van der Waals surface area contributed by atoms with E-state index in [0.29, 0.717) is 43.8 Å². The maximum atomic E-state index is 13.0. The number of carbonyl (C=O) groups is 2. The molecule has 0 radical (unpaired) electrons. The van der Waals surface area contributed by atoms with Crippen molar-refractivity contribution in [1.82, 2.24) is 19.9 Å². The zero-order chi connectivity index (χ0) is 23.3. The van der Waals surface area contributed by atoms with Gasteiger partial charge in [0.05, 0.1) is 12.6 Å². The van der Waals surface area contributed by atoms with E-state index in [4.69, 9.17) is 9.84 Å². The van der Waals surface area contributed by atoms with Gasteiger partial charge in [0.2, 0.25) is 5.91 Å². The van der Waals surface area contributed by atoms with Crippen LogP contribution in [0.2, 0.25) is 0 Å². The fourth-order valence-electron chi connectivity index (χ4n) is 4.01. The van der Waals surface area contributed by atoms with Crippen LogP contribution in [0.15, 0.2) is 30.5 Å². The molecule has 0 saturated carbocycles. The summed E-state index contributed by atoms with van der Waals surface area (Å²) in [6.45, 7) is 5.27. The van der Waals surface area contributed by atoms with Gasteiger partial charge in [0.15, 0.2) is 0 Å². The van der Waals surface area contributed by atoms with Gasteiger partial charge in [-0.3, -0.25) is 14.3 Å². The molecule has 1 aromatic carbocycles. The number of halogens is 1. The average Bonchev–Trinajstić information content (AvgIpc) is 3.31. The van der Waals surface area contributed by atoms with Gasteiger partial charge >= 0.3 is 5.97 Å². The molecule has 10 heteroatoms. The Balaban J connectivity index is 1.41. The molecule has 32 heavy (non-hydrogen) atoms. The molecule has 2 unspecified atom stereocenters. The van der Waals surface area contributed by atoms with Crippen molar-refractivity contribution in [3.8, 4) is 0 Å². The lowest BCUT2D eigenvalue weighted by Gasteiger charge is -2.23. The molecule has 1 aliphatic heterocycles. The van der Waals surface area contributed by atoms with Crippen LogP contribution in [0.1, 0.15) is 50.5 Å². The van der Waals surface area contributed by atoms with Crippen molar-refractivity contribution in [1.29, 1.82) is 0 Å². The molecule has 1 saturated heterocycles. The zero-order valence-electron chi connectivity index (χ0n) is 18.3. The summed E-state index contributed by atoms with van der Waals surface area (Å²) in [7, 11) is 0. The number of ether oxygens (including phenoxy) is 1. The van der Waals surface area contributed by atoms with Gasteiger partial charge in [-0.05, 0) is 36.0 Å². The standard InChI is InChI=1S/C22H29FN4O5/c1-22(2)11-17(10-20(29)30)27(14-22)19(28)13-32-9-3-8-26-12-18(24-25-26)21(31)15-4-6-16(23)7-5-15/h4-7,12,17,21,31H,3,8-11,13-14H2,1-2H3,(H,29,30). The van der Waals surface area contributed by atoms with E-state index in [9.17, 15) is 19.1 Å². The molecule has 3 rings (SSSR count). The summed E-state index contributed by atoms with van der Waals surface area (Å²) in [6.07, 6.45) is 1.79.